The molecule has 2 atom stereocenters. The van der Waals surface area contributed by atoms with Gasteiger partial charge in [-0.15, -0.1) is 0 Å². The number of fused-ring (bicyclic) bond motifs is 2. The summed E-state index contributed by atoms with van der Waals surface area (Å²) in [5.74, 6) is 0.522. The molecule has 2 unspecified atom stereocenters. The summed E-state index contributed by atoms with van der Waals surface area (Å²) in [6, 6.07) is 2.49. The minimum Gasteiger partial charge on any atom is -0.492 e. The van der Waals surface area contributed by atoms with Gasteiger partial charge >= 0.3 is 0 Å². The van der Waals surface area contributed by atoms with E-state index in [2.05, 4.69) is 10.2 Å². The number of piperidine rings is 2. The molecule has 1 aromatic rings. The summed E-state index contributed by atoms with van der Waals surface area (Å²) in [6.45, 7) is 2.84. The van der Waals surface area contributed by atoms with Crippen LogP contribution >= 0.6 is 11.6 Å². The van der Waals surface area contributed by atoms with Gasteiger partial charge in [-0.05, 0) is 38.3 Å². The van der Waals surface area contributed by atoms with Gasteiger partial charge in [-0.1, -0.05) is 18.0 Å². The van der Waals surface area contributed by atoms with Gasteiger partial charge in [0.15, 0.2) is 0 Å². The van der Waals surface area contributed by atoms with E-state index in [0.29, 0.717) is 41.1 Å². The first kappa shape index (κ1) is 16.0. The molecule has 3 aliphatic rings. The molecular weight excluding hydrogens is 326 g/mol. The predicted molar refractivity (Wildman–Crippen MR) is 94.8 cm³/mol. The van der Waals surface area contributed by atoms with Crippen molar-refractivity contribution in [1.82, 2.24) is 10.2 Å². The van der Waals surface area contributed by atoms with Crippen LogP contribution in [0.2, 0.25) is 5.02 Å². The molecule has 0 saturated carbocycles. The molecule has 4 rings (SSSR count). The Labute approximate surface area is 147 Å². The lowest BCUT2D eigenvalue weighted by atomic mass is 9.90. The Morgan fingerprint density at radius 2 is 2.21 bits per heavy atom. The third kappa shape index (κ3) is 2.84. The third-order valence-corrected chi connectivity index (χ3v) is 5.93. The van der Waals surface area contributed by atoms with E-state index in [1.54, 1.807) is 6.07 Å². The SMILES string of the molecule is Nc1c(Cl)cc(C(=O)NC2CCN3CCCCC3C2)c2c1CCO2. The molecule has 2 fully saturated rings. The van der Waals surface area contributed by atoms with Crippen LogP contribution in [-0.4, -0.2) is 42.6 Å². The van der Waals surface area contributed by atoms with Crippen LogP contribution in [0.15, 0.2) is 6.07 Å². The lowest BCUT2D eigenvalue weighted by Gasteiger charge is -2.42. The number of nitrogens with one attached hydrogen (secondary N) is 1. The first-order chi connectivity index (χ1) is 11.6. The second-order valence-electron chi connectivity index (χ2n) is 7.11. The number of carbonyl (C=O) groups is 1. The first-order valence-electron chi connectivity index (χ1n) is 8.92. The van der Waals surface area contributed by atoms with Crippen molar-refractivity contribution in [2.45, 2.75) is 50.6 Å². The minimum atomic E-state index is -0.0932. The molecule has 3 heterocycles. The van der Waals surface area contributed by atoms with Crippen molar-refractivity contribution in [2.24, 2.45) is 0 Å². The average Bonchev–Trinajstić information content (AvgIpc) is 3.08. The maximum absolute atomic E-state index is 12.8. The second-order valence-corrected chi connectivity index (χ2v) is 7.51. The molecule has 1 aromatic carbocycles. The number of hydrogen-bond acceptors (Lipinski definition) is 4. The number of amides is 1. The monoisotopic (exact) mass is 349 g/mol. The number of nitrogens with two attached hydrogens (primary N) is 1. The van der Waals surface area contributed by atoms with Crippen LogP contribution in [0.1, 0.15) is 48.0 Å². The number of nitrogen functional groups attached to an aromatic ring is 1. The van der Waals surface area contributed by atoms with Crippen molar-refractivity contribution < 1.29 is 9.53 Å². The van der Waals surface area contributed by atoms with Crippen molar-refractivity contribution in [2.75, 3.05) is 25.4 Å². The zero-order valence-corrected chi connectivity index (χ0v) is 14.6. The van der Waals surface area contributed by atoms with Crippen molar-refractivity contribution in [3.63, 3.8) is 0 Å². The summed E-state index contributed by atoms with van der Waals surface area (Å²) in [4.78, 5) is 15.4. The Bertz CT molecular complexity index is 664. The zero-order valence-electron chi connectivity index (χ0n) is 13.8. The number of anilines is 1. The van der Waals surface area contributed by atoms with Gasteiger partial charge in [-0.25, -0.2) is 0 Å². The highest BCUT2D eigenvalue weighted by Gasteiger charge is 2.32. The number of ether oxygens (including phenoxy) is 1. The summed E-state index contributed by atoms with van der Waals surface area (Å²) >= 11 is 6.21. The van der Waals surface area contributed by atoms with Gasteiger partial charge in [0.2, 0.25) is 0 Å². The maximum atomic E-state index is 12.8. The second kappa shape index (κ2) is 6.45. The van der Waals surface area contributed by atoms with Crippen LogP contribution in [0.5, 0.6) is 5.75 Å². The summed E-state index contributed by atoms with van der Waals surface area (Å²) in [5.41, 5.74) is 7.94. The summed E-state index contributed by atoms with van der Waals surface area (Å²) in [5, 5.41) is 3.64. The fourth-order valence-electron chi connectivity index (χ4n) is 4.32. The number of nitrogens with zero attached hydrogens (tertiary/aromatic N) is 1. The molecule has 130 valence electrons. The molecular formula is C18H24ClN3O2. The van der Waals surface area contributed by atoms with Gasteiger partial charge in [0.1, 0.15) is 5.75 Å². The molecule has 0 aromatic heterocycles. The average molecular weight is 350 g/mol. The van der Waals surface area contributed by atoms with Crippen LogP contribution in [0, 0.1) is 0 Å². The molecule has 1 amide bonds. The lowest BCUT2D eigenvalue weighted by molar-refractivity contribution is 0.0764. The van der Waals surface area contributed by atoms with E-state index in [1.165, 1.54) is 25.8 Å². The fourth-order valence-corrected chi connectivity index (χ4v) is 4.54. The molecule has 5 nitrogen and oxygen atoms in total. The van der Waals surface area contributed by atoms with Crippen LogP contribution in [-0.2, 0) is 6.42 Å². The normalized spacial score (nSPS) is 26.4. The Morgan fingerprint density at radius 1 is 1.33 bits per heavy atom. The molecule has 3 N–H and O–H groups in total. The molecule has 3 aliphatic heterocycles. The summed E-state index contributed by atoms with van der Waals surface area (Å²) in [6.07, 6.45) is 6.62. The van der Waals surface area contributed by atoms with Crippen molar-refractivity contribution in [3.05, 3.63) is 22.2 Å². The van der Waals surface area contributed by atoms with E-state index in [0.717, 1.165) is 24.9 Å². The van der Waals surface area contributed by atoms with E-state index in [-0.39, 0.29) is 11.9 Å². The molecule has 0 radical (unpaired) electrons. The standard InChI is InChI=1S/C18H24ClN3O2/c19-15-10-14(17-13(16(15)20)5-8-24-17)18(23)21-11-4-7-22-6-2-1-3-12(22)9-11/h10-12H,1-9,20H2,(H,21,23). The summed E-state index contributed by atoms with van der Waals surface area (Å²) < 4.78 is 5.65. The fraction of sp³-hybridized carbons (Fsp3) is 0.611. The largest absolute Gasteiger partial charge is 0.492 e. The Kier molecular flexibility index (Phi) is 4.31. The van der Waals surface area contributed by atoms with Gasteiger partial charge in [-0.2, -0.15) is 0 Å². The van der Waals surface area contributed by atoms with Gasteiger partial charge in [0, 0.05) is 30.6 Å². The number of carbonyl (C=O) groups excluding carboxylic acids is 1. The van der Waals surface area contributed by atoms with Crippen LogP contribution < -0.4 is 15.8 Å². The number of hydrogen-bond donors (Lipinski definition) is 2. The van der Waals surface area contributed by atoms with Gasteiger partial charge in [0.25, 0.3) is 5.91 Å². The van der Waals surface area contributed by atoms with E-state index >= 15 is 0 Å². The van der Waals surface area contributed by atoms with Gasteiger partial charge in [-0.3, -0.25) is 4.79 Å². The van der Waals surface area contributed by atoms with Crippen molar-refractivity contribution >= 4 is 23.2 Å². The Balaban J connectivity index is 1.49. The highest BCUT2D eigenvalue weighted by atomic mass is 35.5. The van der Waals surface area contributed by atoms with E-state index in [9.17, 15) is 4.79 Å². The number of rotatable bonds is 2. The predicted octanol–water partition coefficient (Wildman–Crippen LogP) is 2.60. The van der Waals surface area contributed by atoms with Crippen LogP contribution in [0.25, 0.3) is 0 Å². The highest BCUT2D eigenvalue weighted by molar-refractivity contribution is 6.33. The summed E-state index contributed by atoms with van der Waals surface area (Å²) in [7, 11) is 0. The molecule has 2 saturated heterocycles. The molecule has 24 heavy (non-hydrogen) atoms. The van der Waals surface area contributed by atoms with Gasteiger partial charge in [0.05, 0.1) is 22.9 Å². The zero-order chi connectivity index (χ0) is 16.7. The van der Waals surface area contributed by atoms with Crippen LogP contribution in [0.3, 0.4) is 0 Å². The molecule has 0 bridgehead atoms. The Morgan fingerprint density at radius 3 is 3.08 bits per heavy atom. The Hall–Kier alpha value is -1.46. The maximum Gasteiger partial charge on any atom is 0.255 e. The topological polar surface area (TPSA) is 67.6 Å². The smallest absolute Gasteiger partial charge is 0.255 e. The quantitative estimate of drug-likeness (QED) is 0.805. The van der Waals surface area contributed by atoms with E-state index in [4.69, 9.17) is 22.1 Å². The minimum absolute atomic E-state index is 0.0932. The first-order valence-corrected chi connectivity index (χ1v) is 9.30. The van der Waals surface area contributed by atoms with E-state index in [1.807, 2.05) is 0 Å². The number of halogens is 1. The molecule has 0 spiro atoms. The van der Waals surface area contributed by atoms with Gasteiger partial charge < -0.3 is 20.7 Å². The van der Waals surface area contributed by atoms with Crippen LogP contribution in [0.4, 0.5) is 5.69 Å². The highest BCUT2D eigenvalue weighted by Crippen LogP contribution is 2.38. The number of benzene rings is 1. The molecule has 6 heteroatoms. The lowest BCUT2D eigenvalue weighted by Crippen LogP contribution is -2.51. The van der Waals surface area contributed by atoms with Crippen molar-refractivity contribution in [3.8, 4) is 5.75 Å². The van der Waals surface area contributed by atoms with Crippen molar-refractivity contribution in [1.29, 1.82) is 0 Å². The van der Waals surface area contributed by atoms with E-state index < -0.39 is 0 Å². The molecule has 0 aliphatic carbocycles. The third-order valence-electron chi connectivity index (χ3n) is 5.62.